The molecule has 0 unspecified atom stereocenters. The van der Waals surface area contributed by atoms with Gasteiger partial charge in [0.25, 0.3) is 11.8 Å². The first-order valence-corrected chi connectivity index (χ1v) is 20.4. The molecule has 1 fully saturated rings. The third kappa shape index (κ3) is 10.5. The fraction of sp³-hybridized carbons (Fsp3) is 0.386. The summed E-state index contributed by atoms with van der Waals surface area (Å²) in [4.78, 5) is 68.6. The maximum absolute atomic E-state index is 15.3. The molecule has 0 bridgehead atoms. The Bertz CT molecular complexity index is 2200. The molecule has 0 spiro atoms. The van der Waals surface area contributed by atoms with Crippen LogP contribution in [0.5, 0.6) is 0 Å². The van der Waals surface area contributed by atoms with Crippen LogP contribution in [0, 0.1) is 11.6 Å². The predicted molar refractivity (Wildman–Crippen MR) is 221 cm³/mol. The highest BCUT2D eigenvalue weighted by Crippen LogP contribution is 2.39. The normalized spacial score (nSPS) is 14.8. The third-order valence-electron chi connectivity index (χ3n) is 10.8. The van der Waals surface area contributed by atoms with Crippen LogP contribution in [0.4, 0.5) is 24.3 Å². The Balaban J connectivity index is 1.11. The van der Waals surface area contributed by atoms with Crippen LogP contribution in [0.25, 0.3) is 0 Å². The number of nitrogens with zero attached hydrogens (tertiary/aromatic N) is 2. The summed E-state index contributed by atoms with van der Waals surface area (Å²) in [5.74, 6) is -3.42. The van der Waals surface area contributed by atoms with Gasteiger partial charge < -0.3 is 30.3 Å². The Hall–Kier alpha value is -5.67. The molecule has 312 valence electrons. The van der Waals surface area contributed by atoms with Gasteiger partial charge in [0.2, 0.25) is 0 Å². The molecule has 1 saturated heterocycles. The second-order valence-corrected chi connectivity index (χ2v) is 16.4. The Morgan fingerprint density at radius 3 is 2.24 bits per heavy atom. The second kappa shape index (κ2) is 18.9. The first kappa shape index (κ1) is 42.9. The summed E-state index contributed by atoms with van der Waals surface area (Å²) in [6, 6.07) is 15.8. The molecular weight excluding hydrogens is 781 g/mol. The van der Waals surface area contributed by atoms with E-state index in [4.69, 9.17) is 4.74 Å². The van der Waals surface area contributed by atoms with E-state index < -0.39 is 35.4 Å². The van der Waals surface area contributed by atoms with Crippen molar-refractivity contribution in [1.82, 2.24) is 15.1 Å². The van der Waals surface area contributed by atoms with Crippen molar-refractivity contribution in [2.75, 3.05) is 51.0 Å². The van der Waals surface area contributed by atoms with Gasteiger partial charge in [-0.1, -0.05) is 24.3 Å². The molecule has 4 amide bonds. The molecule has 0 saturated carbocycles. The van der Waals surface area contributed by atoms with Crippen molar-refractivity contribution in [1.29, 1.82) is 0 Å². The summed E-state index contributed by atoms with van der Waals surface area (Å²) in [5.41, 5.74) is 3.04. The first-order valence-electron chi connectivity index (χ1n) is 19.6. The number of amides is 4. The number of methoxy groups -OCH3 is 2. The van der Waals surface area contributed by atoms with Crippen LogP contribution in [0.3, 0.4) is 0 Å². The summed E-state index contributed by atoms with van der Waals surface area (Å²) in [5, 5.41) is 8.81. The van der Waals surface area contributed by atoms with Gasteiger partial charge in [0, 0.05) is 60.0 Å². The topological polar surface area (TPSA) is 146 Å². The van der Waals surface area contributed by atoms with Crippen molar-refractivity contribution in [2.45, 2.75) is 70.9 Å². The molecule has 1 aliphatic heterocycles. The van der Waals surface area contributed by atoms with E-state index in [0.717, 1.165) is 53.0 Å². The number of esters is 2. The van der Waals surface area contributed by atoms with Gasteiger partial charge in [-0.15, -0.1) is 11.3 Å². The summed E-state index contributed by atoms with van der Waals surface area (Å²) in [6.07, 6.45) is 3.69. The standard InChI is InChI=1S/C44H49F2N5O7S/c1-44(2)26-50(43(56)47-19-18-37(52)57-3)20-21-51(44)25-28-8-7-9-30(22-28)39(53)49-41-38(33-10-5-6-11-36(33)59-41)40(54)48-31-23-34(45)32(35(46)24-31)17-14-27-12-15-29(16-13-27)42(55)58-4/h7-9,12-13,15-16,22-24H,5-6,10-11,14,17-21,25-26H2,1-4H3,(H,47,56)(H,48,54)(H,49,53). The molecule has 0 atom stereocenters. The average Bonchev–Trinajstić information content (AvgIpc) is 3.58. The minimum atomic E-state index is -0.796. The van der Waals surface area contributed by atoms with Crippen LogP contribution in [0.15, 0.2) is 60.7 Å². The lowest BCUT2D eigenvalue weighted by atomic mass is 9.95. The van der Waals surface area contributed by atoms with Crippen LogP contribution in [0.1, 0.15) is 91.3 Å². The van der Waals surface area contributed by atoms with Crippen molar-refractivity contribution in [3.63, 3.8) is 0 Å². The van der Waals surface area contributed by atoms with E-state index in [1.165, 1.54) is 25.6 Å². The van der Waals surface area contributed by atoms with Crippen molar-refractivity contribution in [2.24, 2.45) is 0 Å². The fourth-order valence-corrected chi connectivity index (χ4v) is 8.83. The Kier molecular flexibility index (Phi) is 13.8. The van der Waals surface area contributed by atoms with Gasteiger partial charge in [0.15, 0.2) is 0 Å². The maximum atomic E-state index is 15.3. The highest BCUT2D eigenvalue weighted by atomic mass is 32.1. The molecule has 2 heterocycles. The van der Waals surface area contributed by atoms with Crippen molar-refractivity contribution in [3.05, 3.63) is 116 Å². The average molecular weight is 830 g/mol. The van der Waals surface area contributed by atoms with Gasteiger partial charge in [0.1, 0.15) is 16.6 Å². The van der Waals surface area contributed by atoms with Gasteiger partial charge in [-0.05, 0) is 105 Å². The first-order chi connectivity index (χ1) is 28.3. The zero-order valence-corrected chi connectivity index (χ0v) is 34.5. The molecule has 3 aromatic carbocycles. The molecule has 4 aromatic rings. The highest BCUT2D eigenvalue weighted by Gasteiger charge is 2.36. The molecule has 1 aromatic heterocycles. The summed E-state index contributed by atoms with van der Waals surface area (Å²) >= 11 is 1.35. The van der Waals surface area contributed by atoms with E-state index in [-0.39, 0.29) is 42.2 Å². The van der Waals surface area contributed by atoms with Crippen LogP contribution in [-0.4, -0.2) is 85.5 Å². The SMILES string of the molecule is COC(=O)CCNC(=O)N1CCN(Cc2cccc(C(=O)Nc3sc4c(c3C(=O)Nc3cc(F)c(CCc5ccc(C(=O)OC)cc5)c(F)c3)CCCC4)c2)C(C)(C)C1. The van der Waals surface area contributed by atoms with Crippen LogP contribution in [0.2, 0.25) is 0 Å². The van der Waals surface area contributed by atoms with Crippen molar-refractivity contribution in [3.8, 4) is 0 Å². The number of carbonyl (C=O) groups is 5. The lowest BCUT2D eigenvalue weighted by Gasteiger charge is -2.47. The number of halogens is 2. The predicted octanol–water partition coefficient (Wildman–Crippen LogP) is 7.15. The van der Waals surface area contributed by atoms with E-state index >= 15 is 8.78 Å². The number of urea groups is 1. The van der Waals surface area contributed by atoms with Crippen LogP contribution < -0.4 is 16.0 Å². The number of nitrogens with one attached hydrogen (secondary N) is 3. The second-order valence-electron chi connectivity index (χ2n) is 15.3. The number of thiophene rings is 1. The molecule has 59 heavy (non-hydrogen) atoms. The van der Waals surface area contributed by atoms with Gasteiger partial charge in [0.05, 0.1) is 31.8 Å². The lowest BCUT2D eigenvalue weighted by molar-refractivity contribution is -0.140. The minimum Gasteiger partial charge on any atom is -0.469 e. The van der Waals surface area contributed by atoms with Crippen molar-refractivity contribution >= 4 is 51.8 Å². The maximum Gasteiger partial charge on any atom is 0.337 e. The zero-order chi connectivity index (χ0) is 42.3. The molecule has 2 aliphatic rings. The number of fused-ring (bicyclic) bond motifs is 1. The fourth-order valence-electron chi connectivity index (χ4n) is 7.55. The Morgan fingerprint density at radius 2 is 1.54 bits per heavy atom. The summed E-state index contributed by atoms with van der Waals surface area (Å²) < 4.78 is 40.0. The number of hydrogen-bond donors (Lipinski definition) is 3. The Labute approximate surface area is 346 Å². The monoisotopic (exact) mass is 829 g/mol. The summed E-state index contributed by atoms with van der Waals surface area (Å²) in [7, 11) is 2.60. The molecule has 6 rings (SSSR count). The zero-order valence-electron chi connectivity index (χ0n) is 33.7. The number of hydrogen-bond acceptors (Lipinski definition) is 9. The van der Waals surface area contributed by atoms with Crippen molar-refractivity contribution < 1.29 is 42.2 Å². The van der Waals surface area contributed by atoms with Gasteiger partial charge in [-0.2, -0.15) is 0 Å². The number of ether oxygens (including phenoxy) is 2. The van der Waals surface area contributed by atoms with E-state index in [1.807, 2.05) is 18.2 Å². The molecule has 0 radical (unpaired) electrons. The molecule has 3 N–H and O–H groups in total. The van der Waals surface area contributed by atoms with Gasteiger partial charge >= 0.3 is 18.0 Å². The quantitative estimate of drug-likeness (QED) is 0.121. The van der Waals surface area contributed by atoms with E-state index in [1.54, 1.807) is 35.2 Å². The minimum absolute atomic E-state index is 0.0418. The lowest BCUT2D eigenvalue weighted by Crippen LogP contribution is -2.61. The highest BCUT2D eigenvalue weighted by molar-refractivity contribution is 7.17. The van der Waals surface area contributed by atoms with Gasteiger partial charge in [-0.3, -0.25) is 19.3 Å². The Morgan fingerprint density at radius 1 is 0.814 bits per heavy atom. The van der Waals surface area contributed by atoms with E-state index in [0.29, 0.717) is 60.7 Å². The number of aryl methyl sites for hydroxylation is 2. The molecule has 1 aliphatic carbocycles. The number of carbonyl (C=O) groups excluding carboxylic acids is 5. The van der Waals surface area contributed by atoms with Crippen LogP contribution >= 0.6 is 11.3 Å². The number of benzene rings is 3. The van der Waals surface area contributed by atoms with Gasteiger partial charge in [-0.25, -0.2) is 18.4 Å². The summed E-state index contributed by atoms with van der Waals surface area (Å²) in [6.45, 7) is 6.37. The number of piperazine rings is 1. The molecular formula is C44H49F2N5O7S. The molecule has 15 heteroatoms. The van der Waals surface area contributed by atoms with E-state index in [2.05, 4.69) is 39.4 Å². The smallest absolute Gasteiger partial charge is 0.337 e. The third-order valence-corrected chi connectivity index (χ3v) is 12.0. The largest absolute Gasteiger partial charge is 0.469 e. The number of rotatable bonds is 13. The molecule has 12 nitrogen and oxygen atoms in total. The van der Waals surface area contributed by atoms with Crippen LogP contribution in [-0.2, 0) is 46.5 Å². The van der Waals surface area contributed by atoms with E-state index in [9.17, 15) is 24.0 Å². The number of anilines is 2.